The number of aromatic hydroxyl groups is 1. The number of nitrogens with zero attached hydrogens (tertiary/aromatic N) is 1. The zero-order valence-corrected chi connectivity index (χ0v) is 9.93. The fraction of sp³-hybridized carbons (Fsp3) is 0.385. The average molecular weight is 233 g/mol. The first-order chi connectivity index (χ1) is 8.01. The lowest BCUT2D eigenvalue weighted by Gasteiger charge is -2.20. The lowest BCUT2D eigenvalue weighted by atomic mass is 9.81. The third-order valence-electron chi connectivity index (χ3n) is 2.55. The number of benzene rings is 1. The molecule has 1 atom stereocenters. The molecule has 1 aromatic carbocycles. The molecule has 1 aromatic rings. The van der Waals surface area contributed by atoms with E-state index in [1.54, 1.807) is 26.0 Å². The van der Waals surface area contributed by atoms with Crippen molar-refractivity contribution < 1.29 is 14.6 Å². The normalized spacial score (nSPS) is 13.5. The van der Waals surface area contributed by atoms with E-state index in [2.05, 4.69) is 6.07 Å². The highest BCUT2D eigenvalue weighted by atomic mass is 16.5. The van der Waals surface area contributed by atoms with E-state index in [0.29, 0.717) is 12.2 Å². The van der Waals surface area contributed by atoms with Crippen molar-refractivity contribution >= 4 is 5.97 Å². The highest BCUT2D eigenvalue weighted by molar-refractivity contribution is 5.72. The Labute approximate surface area is 100 Å². The van der Waals surface area contributed by atoms with Crippen molar-refractivity contribution in [2.75, 3.05) is 6.61 Å². The monoisotopic (exact) mass is 233 g/mol. The van der Waals surface area contributed by atoms with Gasteiger partial charge in [0, 0.05) is 0 Å². The minimum Gasteiger partial charge on any atom is -0.508 e. The van der Waals surface area contributed by atoms with Crippen molar-refractivity contribution in [3.8, 4) is 11.8 Å². The Balaban J connectivity index is 2.92. The molecular formula is C13H15NO3. The maximum Gasteiger partial charge on any atom is 0.307 e. The molecule has 0 saturated carbocycles. The molecule has 0 bridgehead atoms. The zero-order valence-electron chi connectivity index (χ0n) is 9.93. The van der Waals surface area contributed by atoms with Gasteiger partial charge in [-0.2, -0.15) is 5.26 Å². The number of hydrogen-bond acceptors (Lipinski definition) is 4. The number of rotatable bonds is 4. The number of ether oxygens (including phenoxy) is 1. The van der Waals surface area contributed by atoms with Gasteiger partial charge in [0.1, 0.15) is 5.75 Å². The van der Waals surface area contributed by atoms with Gasteiger partial charge in [0.05, 0.1) is 24.5 Å². The summed E-state index contributed by atoms with van der Waals surface area (Å²) in [5, 5.41) is 18.4. The van der Waals surface area contributed by atoms with E-state index in [-0.39, 0.29) is 12.2 Å². The van der Waals surface area contributed by atoms with Gasteiger partial charge in [0.15, 0.2) is 0 Å². The van der Waals surface area contributed by atoms with Crippen LogP contribution in [0.1, 0.15) is 25.8 Å². The standard InChI is InChI=1S/C13H15NO3/c1-3-17-12(16)8-13(2,9-14)10-4-6-11(15)7-5-10/h4-7,15H,3,8H2,1-2H3. The molecule has 0 aromatic heterocycles. The molecule has 4 nitrogen and oxygen atoms in total. The average Bonchev–Trinajstić information content (AvgIpc) is 2.30. The van der Waals surface area contributed by atoms with E-state index in [0.717, 1.165) is 0 Å². The van der Waals surface area contributed by atoms with Gasteiger partial charge >= 0.3 is 5.97 Å². The summed E-state index contributed by atoms with van der Waals surface area (Å²) in [6, 6.07) is 8.39. The molecular weight excluding hydrogens is 218 g/mol. The maximum absolute atomic E-state index is 11.4. The fourth-order valence-corrected chi connectivity index (χ4v) is 1.54. The highest BCUT2D eigenvalue weighted by Gasteiger charge is 2.30. The highest BCUT2D eigenvalue weighted by Crippen LogP contribution is 2.28. The van der Waals surface area contributed by atoms with Crippen molar-refractivity contribution in [3.05, 3.63) is 29.8 Å². The minimum atomic E-state index is -0.931. The van der Waals surface area contributed by atoms with Crippen LogP contribution in [0.5, 0.6) is 5.75 Å². The summed E-state index contributed by atoms with van der Waals surface area (Å²) in [7, 11) is 0. The lowest BCUT2D eigenvalue weighted by Crippen LogP contribution is -2.25. The molecule has 1 rings (SSSR count). The molecule has 0 saturated heterocycles. The van der Waals surface area contributed by atoms with Crippen LogP contribution in [0.4, 0.5) is 0 Å². The Bertz CT molecular complexity index is 433. The molecule has 0 spiro atoms. The van der Waals surface area contributed by atoms with E-state index in [1.165, 1.54) is 12.1 Å². The van der Waals surface area contributed by atoms with Crippen LogP contribution < -0.4 is 0 Å². The molecule has 1 N–H and O–H groups in total. The van der Waals surface area contributed by atoms with Crippen LogP contribution in [0.2, 0.25) is 0 Å². The van der Waals surface area contributed by atoms with Crippen molar-refractivity contribution in [3.63, 3.8) is 0 Å². The summed E-state index contributed by atoms with van der Waals surface area (Å²) < 4.78 is 4.85. The third-order valence-corrected chi connectivity index (χ3v) is 2.55. The van der Waals surface area contributed by atoms with Crippen LogP contribution in [-0.2, 0) is 14.9 Å². The molecule has 0 aliphatic carbocycles. The van der Waals surface area contributed by atoms with Crippen LogP contribution in [-0.4, -0.2) is 17.7 Å². The quantitative estimate of drug-likeness (QED) is 0.809. The number of hydrogen-bond donors (Lipinski definition) is 1. The maximum atomic E-state index is 11.4. The summed E-state index contributed by atoms with van der Waals surface area (Å²) in [5.41, 5.74) is -0.245. The van der Waals surface area contributed by atoms with Crippen molar-refractivity contribution in [2.24, 2.45) is 0 Å². The Kier molecular flexibility index (Phi) is 4.11. The Hall–Kier alpha value is -2.02. The topological polar surface area (TPSA) is 70.3 Å². The second-order valence-electron chi connectivity index (χ2n) is 3.97. The van der Waals surface area contributed by atoms with Gasteiger partial charge in [-0.05, 0) is 31.5 Å². The smallest absolute Gasteiger partial charge is 0.307 e. The van der Waals surface area contributed by atoms with Crippen LogP contribution in [0.3, 0.4) is 0 Å². The van der Waals surface area contributed by atoms with E-state index in [4.69, 9.17) is 4.74 Å². The molecule has 17 heavy (non-hydrogen) atoms. The van der Waals surface area contributed by atoms with Gasteiger partial charge in [0.25, 0.3) is 0 Å². The SMILES string of the molecule is CCOC(=O)CC(C)(C#N)c1ccc(O)cc1. The summed E-state index contributed by atoms with van der Waals surface area (Å²) in [5.74, 6) is -0.269. The first-order valence-electron chi connectivity index (χ1n) is 5.38. The van der Waals surface area contributed by atoms with Crippen molar-refractivity contribution in [1.29, 1.82) is 5.26 Å². The molecule has 90 valence electrons. The molecule has 0 amide bonds. The van der Waals surface area contributed by atoms with E-state index in [9.17, 15) is 15.2 Å². The summed E-state index contributed by atoms with van der Waals surface area (Å²) >= 11 is 0. The predicted molar refractivity (Wildman–Crippen MR) is 62.3 cm³/mol. The van der Waals surface area contributed by atoms with Gasteiger partial charge in [-0.3, -0.25) is 4.79 Å². The van der Waals surface area contributed by atoms with Crippen LogP contribution in [0.25, 0.3) is 0 Å². The molecule has 1 unspecified atom stereocenters. The number of phenols is 1. The first-order valence-corrected chi connectivity index (χ1v) is 5.38. The molecule has 0 aliphatic rings. The second-order valence-corrected chi connectivity index (χ2v) is 3.97. The molecule has 0 heterocycles. The van der Waals surface area contributed by atoms with Crippen LogP contribution in [0.15, 0.2) is 24.3 Å². The summed E-state index contributed by atoms with van der Waals surface area (Å²) in [6.07, 6.45) is 0.00210. The van der Waals surface area contributed by atoms with Gasteiger partial charge in [0.2, 0.25) is 0 Å². The zero-order chi connectivity index (χ0) is 12.9. The van der Waals surface area contributed by atoms with Gasteiger partial charge in [-0.25, -0.2) is 0 Å². The van der Waals surface area contributed by atoms with E-state index >= 15 is 0 Å². The summed E-state index contributed by atoms with van der Waals surface area (Å²) in [4.78, 5) is 11.4. The van der Waals surface area contributed by atoms with Gasteiger partial charge in [-0.1, -0.05) is 12.1 Å². The van der Waals surface area contributed by atoms with Crippen molar-refractivity contribution in [1.82, 2.24) is 0 Å². The second kappa shape index (κ2) is 5.35. The number of esters is 1. The van der Waals surface area contributed by atoms with Crippen LogP contribution in [0, 0.1) is 11.3 Å². The third kappa shape index (κ3) is 3.22. The number of carbonyl (C=O) groups is 1. The summed E-state index contributed by atoms with van der Waals surface area (Å²) in [6.45, 7) is 3.70. The Morgan fingerprint density at radius 2 is 2.06 bits per heavy atom. The predicted octanol–water partition coefficient (Wildman–Crippen LogP) is 2.13. The van der Waals surface area contributed by atoms with E-state index < -0.39 is 11.4 Å². The van der Waals surface area contributed by atoms with Gasteiger partial charge < -0.3 is 9.84 Å². The minimum absolute atomic E-state index is 0.00210. The number of nitriles is 1. The largest absolute Gasteiger partial charge is 0.508 e. The molecule has 4 heteroatoms. The van der Waals surface area contributed by atoms with Gasteiger partial charge in [-0.15, -0.1) is 0 Å². The fourth-order valence-electron chi connectivity index (χ4n) is 1.54. The molecule has 0 aliphatic heterocycles. The molecule has 0 fully saturated rings. The first kappa shape index (κ1) is 13.0. The van der Waals surface area contributed by atoms with Crippen LogP contribution >= 0.6 is 0 Å². The van der Waals surface area contributed by atoms with E-state index in [1.807, 2.05) is 0 Å². The number of carbonyl (C=O) groups excluding carboxylic acids is 1. The lowest BCUT2D eigenvalue weighted by molar-refractivity contribution is -0.144. The van der Waals surface area contributed by atoms with Crippen molar-refractivity contribution in [2.45, 2.75) is 25.7 Å². The molecule has 0 radical (unpaired) electrons. The number of phenolic OH excluding ortho intramolecular Hbond substituents is 1. The Morgan fingerprint density at radius 3 is 2.53 bits per heavy atom. The Morgan fingerprint density at radius 1 is 1.47 bits per heavy atom.